The Labute approximate surface area is 116 Å². The molecular formula is C14H27N3O2. The third-order valence-corrected chi connectivity index (χ3v) is 4.02. The van der Waals surface area contributed by atoms with Crippen molar-refractivity contribution in [3.63, 3.8) is 0 Å². The van der Waals surface area contributed by atoms with E-state index in [1.165, 1.54) is 19.4 Å². The molecule has 2 aliphatic rings. The highest BCUT2D eigenvalue weighted by atomic mass is 16.5. The van der Waals surface area contributed by atoms with Gasteiger partial charge in [0, 0.05) is 39.3 Å². The van der Waals surface area contributed by atoms with Crippen LogP contribution < -0.4 is 0 Å². The lowest BCUT2D eigenvalue weighted by atomic mass is 10.2. The number of hydrogen-bond donors (Lipinski definition) is 0. The number of nitrogens with zero attached hydrogens (tertiary/aromatic N) is 3. The van der Waals surface area contributed by atoms with E-state index < -0.39 is 0 Å². The summed E-state index contributed by atoms with van der Waals surface area (Å²) in [6.45, 7) is 11.2. The first-order chi connectivity index (χ1) is 9.29. The Kier molecular flexibility index (Phi) is 6.07. The quantitative estimate of drug-likeness (QED) is 0.717. The number of piperazine rings is 1. The molecular weight excluding hydrogens is 242 g/mol. The highest BCUT2D eigenvalue weighted by Crippen LogP contribution is 2.05. The standard InChI is InChI=1S/C14H27N3O2/c1-2-3-4-15-5-7-16(8-6-15)13-14(18)17-9-11-19-12-10-17/h2-13H2,1H3. The maximum Gasteiger partial charge on any atom is 0.236 e. The fraction of sp³-hybridized carbons (Fsp3) is 0.929. The van der Waals surface area contributed by atoms with Crippen molar-refractivity contribution in [1.82, 2.24) is 14.7 Å². The van der Waals surface area contributed by atoms with Gasteiger partial charge in [-0.3, -0.25) is 9.69 Å². The number of rotatable bonds is 5. The second kappa shape index (κ2) is 7.82. The zero-order valence-corrected chi connectivity index (χ0v) is 12.1. The van der Waals surface area contributed by atoms with Crippen molar-refractivity contribution in [3.05, 3.63) is 0 Å². The van der Waals surface area contributed by atoms with Gasteiger partial charge in [-0.25, -0.2) is 0 Å². The Morgan fingerprint density at radius 2 is 1.63 bits per heavy atom. The number of unbranched alkanes of at least 4 members (excludes halogenated alkanes) is 1. The van der Waals surface area contributed by atoms with Gasteiger partial charge in [-0.1, -0.05) is 13.3 Å². The minimum Gasteiger partial charge on any atom is -0.378 e. The molecule has 0 aliphatic carbocycles. The fourth-order valence-corrected chi connectivity index (χ4v) is 2.66. The second-order valence-electron chi connectivity index (χ2n) is 5.46. The summed E-state index contributed by atoms with van der Waals surface area (Å²) >= 11 is 0. The second-order valence-corrected chi connectivity index (χ2v) is 5.46. The summed E-state index contributed by atoms with van der Waals surface area (Å²) in [6, 6.07) is 0. The topological polar surface area (TPSA) is 36.0 Å². The van der Waals surface area contributed by atoms with Crippen molar-refractivity contribution < 1.29 is 9.53 Å². The van der Waals surface area contributed by atoms with E-state index >= 15 is 0 Å². The van der Waals surface area contributed by atoms with Crippen LogP contribution in [-0.2, 0) is 9.53 Å². The number of morpholine rings is 1. The molecule has 0 N–H and O–H groups in total. The minimum absolute atomic E-state index is 0.269. The van der Waals surface area contributed by atoms with Crippen molar-refractivity contribution in [2.75, 3.05) is 65.6 Å². The number of carbonyl (C=O) groups excluding carboxylic acids is 1. The first kappa shape index (κ1) is 14.8. The van der Waals surface area contributed by atoms with Crippen LogP contribution >= 0.6 is 0 Å². The Bertz CT molecular complexity index is 272. The predicted molar refractivity (Wildman–Crippen MR) is 75.2 cm³/mol. The molecule has 19 heavy (non-hydrogen) atoms. The third kappa shape index (κ3) is 4.75. The van der Waals surface area contributed by atoms with Crippen molar-refractivity contribution in [2.24, 2.45) is 0 Å². The SMILES string of the molecule is CCCCN1CCN(CC(=O)N2CCOCC2)CC1. The van der Waals surface area contributed by atoms with Crippen LogP contribution in [0.1, 0.15) is 19.8 Å². The van der Waals surface area contributed by atoms with Gasteiger partial charge in [0.2, 0.25) is 5.91 Å². The van der Waals surface area contributed by atoms with E-state index in [1.54, 1.807) is 0 Å². The molecule has 0 aromatic heterocycles. The van der Waals surface area contributed by atoms with Gasteiger partial charge < -0.3 is 14.5 Å². The lowest BCUT2D eigenvalue weighted by Crippen LogP contribution is -2.51. The van der Waals surface area contributed by atoms with Crippen LogP contribution in [0.5, 0.6) is 0 Å². The number of carbonyl (C=O) groups is 1. The molecule has 5 heteroatoms. The normalized spacial score (nSPS) is 22.7. The molecule has 0 spiro atoms. The molecule has 0 atom stereocenters. The monoisotopic (exact) mass is 269 g/mol. The Morgan fingerprint density at radius 3 is 2.26 bits per heavy atom. The lowest BCUT2D eigenvalue weighted by Gasteiger charge is -2.36. The van der Waals surface area contributed by atoms with Crippen molar-refractivity contribution in [2.45, 2.75) is 19.8 Å². The van der Waals surface area contributed by atoms with Crippen molar-refractivity contribution in [1.29, 1.82) is 0 Å². The lowest BCUT2D eigenvalue weighted by molar-refractivity contribution is -0.136. The summed E-state index contributed by atoms with van der Waals surface area (Å²) in [7, 11) is 0. The van der Waals surface area contributed by atoms with Gasteiger partial charge in [0.05, 0.1) is 19.8 Å². The summed E-state index contributed by atoms with van der Waals surface area (Å²) in [5.41, 5.74) is 0. The van der Waals surface area contributed by atoms with Crippen molar-refractivity contribution >= 4 is 5.91 Å². The van der Waals surface area contributed by atoms with E-state index in [0.29, 0.717) is 19.8 Å². The van der Waals surface area contributed by atoms with Gasteiger partial charge in [-0.15, -0.1) is 0 Å². The third-order valence-electron chi connectivity index (χ3n) is 4.02. The maximum atomic E-state index is 12.1. The van der Waals surface area contributed by atoms with Crippen LogP contribution in [0, 0.1) is 0 Å². The zero-order chi connectivity index (χ0) is 13.5. The van der Waals surface area contributed by atoms with E-state index in [2.05, 4.69) is 16.7 Å². The summed E-state index contributed by atoms with van der Waals surface area (Å²) in [5, 5.41) is 0. The summed E-state index contributed by atoms with van der Waals surface area (Å²) in [4.78, 5) is 18.9. The number of hydrogen-bond acceptors (Lipinski definition) is 4. The van der Waals surface area contributed by atoms with Crippen LogP contribution in [0.15, 0.2) is 0 Å². The molecule has 5 nitrogen and oxygen atoms in total. The predicted octanol–water partition coefficient (Wildman–Crippen LogP) is 0.263. The molecule has 0 saturated carbocycles. The van der Waals surface area contributed by atoms with E-state index in [1.807, 2.05) is 4.90 Å². The Balaban J connectivity index is 1.65. The molecule has 2 saturated heterocycles. The molecule has 0 radical (unpaired) electrons. The van der Waals surface area contributed by atoms with Crippen LogP contribution in [0.2, 0.25) is 0 Å². The van der Waals surface area contributed by atoms with Gasteiger partial charge in [0.25, 0.3) is 0 Å². The van der Waals surface area contributed by atoms with Gasteiger partial charge in [0.1, 0.15) is 0 Å². The van der Waals surface area contributed by atoms with Gasteiger partial charge in [0.15, 0.2) is 0 Å². The highest BCUT2D eigenvalue weighted by molar-refractivity contribution is 5.78. The molecule has 0 aromatic rings. The Morgan fingerprint density at radius 1 is 1.00 bits per heavy atom. The molecule has 0 aromatic carbocycles. The fourth-order valence-electron chi connectivity index (χ4n) is 2.66. The molecule has 2 fully saturated rings. The van der Waals surface area contributed by atoms with Crippen LogP contribution in [0.3, 0.4) is 0 Å². The largest absolute Gasteiger partial charge is 0.378 e. The summed E-state index contributed by atoms with van der Waals surface area (Å²) in [6.07, 6.45) is 2.54. The maximum absolute atomic E-state index is 12.1. The van der Waals surface area contributed by atoms with Crippen LogP contribution in [-0.4, -0.2) is 86.2 Å². The van der Waals surface area contributed by atoms with E-state index in [0.717, 1.165) is 39.3 Å². The highest BCUT2D eigenvalue weighted by Gasteiger charge is 2.22. The molecule has 2 aliphatic heterocycles. The number of amides is 1. The summed E-state index contributed by atoms with van der Waals surface area (Å²) in [5.74, 6) is 0.269. The van der Waals surface area contributed by atoms with Gasteiger partial charge in [-0.05, 0) is 13.0 Å². The van der Waals surface area contributed by atoms with Crippen molar-refractivity contribution in [3.8, 4) is 0 Å². The average molecular weight is 269 g/mol. The Hall–Kier alpha value is -0.650. The minimum atomic E-state index is 0.269. The average Bonchev–Trinajstić information content (AvgIpc) is 2.47. The first-order valence-electron chi connectivity index (χ1n) is 7.60. The van der Waals surface area contributed by atoms with Gasteiger partial charge in [-0.2, -0.15) is 0 Å². The van der Waals surface area contributed by atoms with Crippen LogP contribution in [0.25, 0.3) is 0 Å². The van der Waals surface area contributed by atoms with Gasteiger partial charge >= 0.3 is 0 Å². The molecule has 0 bridgehead atoms. The number of ether oxygens (including phenoxy) is 1. The van der Waals surface area contributed by atoms with E-state index in [-0.39, 0.29) is 5.91 Å². The molecule has 1 amide bonds. The smallest absolute Gasteiger partial charge is 0.236 e. The molecule has 110 valence electrons. The summed E-state index contributed by atoms with van der Waals surface area (Å²) < 4.78 is 5.28. The van der Waals surface area contributed by atoms with E-state index in [4.69, 9.17) is 4.74 Å². The zero-order valence-electron chi connectivity index (χ0n) is 12.1. The first-order valence-corrected chi connectivity index (χ1v) is 7.60. The molecule has 2 heterocycles. The molecule has 0 unspecified atom stereocenters. The molecule has 2 rings (SSSR count). The van der Waals surface area contributed by atoms with Crippen LogP contribution in [0.4, 0.5) is 0 Å². The van der Waals surface area contributed by atoms with E-state index in [9.17, 15) is 4.79 Å².